The molecule has 108 valence electrons. The highest BCUT2D eigenvalue weighted by Gasteiger charge is 2.15. The number of nitrogens with zero attached hydrogens (tertiary/aromatic N) is 1. The van der Waals surface area contributed by atoms with E-state index in [-0.39, 0.29) is 17.5 Å². The molecule has 1 N–H and O–H groups in total. The first-order valence-corrected chi connectivity index (χ1v) is 8.62. The summed E-state index contributed by atoms with van der Waals surface area (Å²) >= 11 is 6.08. The topological polar surface area (TPSA) is 59.1 Å². The second-order valence-electron chi connectivity index (χ2n) is 4.77. The molecule has 1 atom stereocenters. The van der Waals surface area contributed by atoms with Gasteiger partial charge in [-0.2, -0.15) is 0 Å². The molecule has 20 heavy (non-hydrogen) atoms. The number of hydrogen-bond donors (Lipinski definition) is 1. The van der Waals surface area contributed by atoms with E-state index >= 15 is 0 Å². The van der Waals surface area contributed by atoms with Gasteiger partial charge in [-0.3, -0.25) is 4.98 Å². The molecule has 2 aromatic rings. The van der Waals surface area contributed by atoms with E-state index < -0.39 is 9.84 Å². The molecule has 1 heterocycles. The number of sulfone groups is 1. The van der Waals surface area contributed by atoms with Crippen LogP contribution < -0.4 is 5.32 Å². The van der Waals surface area contributed by atoms with Gasteiger partial charge in [0.2, 0.25) is 0 Å². The number of halogens is 1. The Hall–Kier alpha value is -1.33. The number of anilines is 1. The number of hydrogen-bond acceptors (Lipinski definition) is 4. The van der Waals surface area contributed by atoms with E-state index in [0.717, 1.165) is 16.6 Å². The summed E-state index contributed by atoms with van der Waals surface area (Å²) in [4.78, 5) is 4.32. The zero-order valence-electron chi connectivity index (χ0n) is 11.4. The Morgan fingerprint density at radius 3 is 2.85 bits per heavy atom. The summed E-state index contributed by atoms with van der Waals surface area (Å²) in [6.45, 7) is 3.49. The minimum Gasteiger partial charge on any atom is -0.380 e. The summed E-state index contributed by atoms with van der Waals surface area (Å²) < 4.78 is 23.3. The molecule has 2 rings (SSSR count). The van der Waals surface area contributed by atoms with Crippen LogP contribution in [-0.4, -0.2) is 30.9 Å². The molecule has 0 aliphatic rings. The third-order valence-corrected chi connectivity index (χ3v) is 5.12. The van der Waals surface area contributed by atoms with E-state index in [9.17, 15) is 8.42 Å². The van der Waals surface area contributed by atoms with Gasteiger partial charge >= 0.3 is 0 Å². The van der Waals surface area contributed by atoms with Crippen LogP contribution in [0.3, 0.4) is 0 Å². The van der Waals surface area contributed by atoms with E-state index in [2.05, 4.69) is 10.3 Å². The molecule has 6 heteroatoms. The van der Waals surface area contributed by atoms with Gasteiger partial charge < -0.3 is 5.32 Å². The lowest BCUT2D eigenvalue weighted by molar-refractivity contribution is 0.593. The van der Waals surface area contributed by atoms with Gasteiger partial charge in [-0.25, -0.2) is 8.42 Å². The van der Waals surface area contributed by atoms with E-state index in [1.807, 2.05) is 25.1 Å². The first-order valence-electron chi connectivity index (χ1n) is 6.42. The van der Waals surface area contributed by atoms with Crippen LogP contribution in [0, 0.1) is 0 Å². The maximum absolute atomic E-state index is 11.6. The number of rotatable bonds is 5. The molecular weight excluding hydrogens is 296 g/mol. The lowest BCUT2D eigenvalue weighted by atomic mass is 10.2. The van der Waals surface area contributed by atoms with Crippen LogP contribution >= 0.6 is 11.6 Å². The quantitative estimate of drug-likeness (QED) is 0.921. The number of pyridine rings is 1. The van der Waals surface area contributed by atoms with Crippen molar-refractivity contribution in [2.75, 3.05) is 16.8 Å². The smallest absolute Gasteiger partial charge is 0.152 e. The Balaban J connectivity index is 2.29. The maximum Gasteiger partial charge on any atom is 0.152 e. The van der Waals surface area contributed by atoms with Gasteiger partial charge in [0.1, 0.15) is 0 Å². The standard InChI is InChI=1S/C14H17ClN2O2S/c1-3-20(18,19)9-10(2)17-13-8-12(15)7-11-5-4-6-16-14(11)13/h4-8,10,17H,3,9H2,1-2H3. The van der Waals surface area contributed by atoms with Gasteiger partial charge in [-0.05, 0) is 25.1 Å². The van der Waals surface area contributed by atoms with Gasteiger partial charge in [-0.1, -0.05) is 24.6 Å². The van der Waals surface area contributed by atoms with E-state index in [4.69, 9.17) is 11.6 Å². The van der Waals surface area contributed by atoms with Crippen molar-refractivity contribution in [3.63, 3.8) is 0 Å². The molecule has 0 saturated carbocycles. The number of benzene rings is 1. The zero-order valence-corrected chi connectivity index (χ0v) is 13.0. The summed E-state index contributed by atoms with van der Waals surface area (Å²) in [6.07, 6.45) is 1.70. The SMILES string of the molecule is CCS(=O)(=O)CC(C)Nc1cc(Cl)cc2cccnc12. The summed E-state index contributed by atoms with van der Waals surface area (Å²) in [6, 6.07) is 7.16. The van der Waals surface area contributed by atoms with E-state index in [1.165, 1.54) is 0 Å². The van der Waals surface area contributed by atoms with Crippen molar-refractivity contribution in [2.24, 2.45) is 0 Å². The van der Waals surface area contributed by atoms with Gasteiger partial charge in [-0.15, -0.1) is 0 Å². The van der Waals surface area contributed by atoms with Gasteiger partial charge in [0, 0.05) is 28.4 Å². The molecule has 1 unspecified atom stereocenters. The van der Waals surface area contributed by atoms with E-state index in [0.29, 0.717) is 5.02 Å². The molecule has 0 saturated heterocycles. The first-order chi connectivity index (χ1) is 9.41. The maximum atomic E-state index is 11.6. The van der Waals surface area contributed by atoms with E-state index in [1.54, 1.807) is 19.2 Å². The predicted octanol–water partition coefficient (Wildman–Crippen LogP) is 3.12. The minimum absolute atomic E-state index is 0.0876. The lowest BCUT2D eigenvalue weighted by Crippen LogP contribution is -2.26. The second kappa shape index (κ2) is 5.97. The molecule has 1 aromatic heterocycles. The number of nitrogens with one attached hydrogen (secondary N) is 1. The average Bonchev–Trinajstić information content (AvgIpc) is 2.37. The molecule has 4 nitrogen and oxygen atoms in total. The highest BCUT2D eigenvalue weighted by atomic mass is 35.5. The second-order valence-corrected chi connectivity index (χ2v) is 7.61. The largest absolute Gasteiger partial charge is 0.380 e. The monoisotopic (exact) mass is 312 g/mol. The van der Waals surface area contributed by atoms with Crippen LogP contribution in [0.1, 0.15) is 13.8 Å². The Bertz CT molecular complexity index is 716. The van der Waals surface area contributed by atoms with Crippen molar-refractivity contribution < 1.29 is 8.42 Å². The highest BCUT2D eigenvalue weighted by Crippen LogP contribution is 2.26. The van der Waals surface area contributed by atoms with Crippen molar-refractivity contribution >= 4 is 38.0 Å². The molecule has 0 aliphatic carbocycles. The molecule has 0 fully saturated rings. The number of fused-ring (bicyclic) bond motifs is 1. The molecule has 0 amide bonds. The van der Waals surface area contributed by atoms with Crippen LogP contribution in [0.5, 0.6) is 0 Å². The van der Waals surface area contributed by atoms with Crippen LogP contribution in [0.15, 0.2) is 30.5 Å². The fourth-order valence-electron chi connectivity index (χ4n) is 2.07. The van der Waals surface area contributed by atoms with Crippen LogP contribution in [0.25, 0.3) is 10.9 Å². The van der Waals surface area contributed by atoms with Crippen LogP contribution in [0.2, 0.25) is 5.02 Å². The third-order valence-electron chi connectivity index (χ3n) is 3.02. The lowest BCUT2D eigenvalue weighted by Gasteiger charge is -2.16. The van der Waals surface area contributed by atoms with Crippen molar-refractivity contribution in [3.05, 3.63) is 35.5 Å². The van der Waals surface area contributed by atoms with Crippen molar-refractivity contribution in [1.82, 2.24) is 4.98 Å². The minimum atomic E-state index is -3.02. The van der Waals surface area contributed by atoms with Gasteiger partial charge in [0.05, 0.1) is 17.0 Å². The molecule has 1 aromatic carbocycles. The normalized spacial score (nSPS) is 13.3. The zero-order chi connectivity index (χ0) is 14.8. The Morgan fingerprint density at radius 2 is 2.15 bits per heavy atom. The Kier molecular flexibility index (Phi) is 4.50. The van der Waals surface area contributed by atoms with Crippen molar-refractivity contribution in [1.29, 1.82) is 0 Å². The summed E-state index contributed by atoms with van der Waals surface area (Å²) in [5, 5.41) is 4.71. The fourth-order valence-corrected chi connectivity index (χ4v) is 3.38. The summed E-state index contributed by atoms with van der Waals surface area (Å²) in [5.74, 6) is 0.234. The van der Waals surface area contributed by atoms with Gasteiger partial charge in [0.15, 0.2) is 9.84 Å². The Labute approximate surface area is 124 Å². The van der Waals surface area contributed by atoms with Crippen molar-refractivity contribution in [2.45, 2.75) is 19.9 Å². The molecule has 0 aliphatic heterocycles. The Morgan fingerprint density at radius 1 is 1.40 bits per heavy atom. The summed E-state index contributed by atoms with van der Waals surface area (Å²) in [5.41, 5.74) is 1.55. The molecule has 0 spiro atoms. The van der Waals surface area contributed by atoms with Gasteiger partial charge in [0.25, 0.3) is 0 Å². The third kappa shape index (κ3) is 3.61. The van der Waals surface area contributed by atoms with Crippen LogP contribution in [-0.2, 0) is 9.84 Å². The first kappa shape index (κ1) is 15.1. The summed E-state index contributed by atoms with van der Waals surface area (Å²) in [7, 11) is -3.02. The van der Waals surface area contributed by atoms with Crippen LogP contribution in [0.4, 0.5) is 5.69 Å². The molecule has 0 bridgehead atoms. The fraction of sp³-hybridized carbons (Fsp3) is 0.357. The predicted molar refractivity (Wildman–Crippen MR) is 84.2 cm³/mol. The average molecular weight is 313 g/mol. The highest BCUT2D eigenvalue weighted by molar-refractivity contribution is 7.91. The molecule has 0 radical (unpaired) electrons. The number of aromatic nitrogens is 1. The van der Waals surface area contributed by atoms with Crippen molar-refractivity contribution in [3.8, 4) is 0 Å². The molecular formula is C14H17ClN2O2S.